The summed E-state index contributed by atoms with van der Waals surface area (Å²) in [5.41, 5.74) is -3.85. The second-order valence-corrected chi connectivity index (χ2v) is 4.90. The summed E-state index contributed by atoms with van der Waals surface area (Å²) in [5, 5.41) is 3.53. The number of anilines is 1. The van der Waals surface area contributed by atoms with Gasteiger partial charge in [0.15, 0.2) is 0 Å². The van der Waals surface area contributed by atoms with Gasteiger partial charge >= 0.3 is 17.8 Å². The molecular formula is C15H18F4N2O3. The van der Waals surface area contributed by atoms with E-state index in [2.05, 4.69) is 4.74 Å². The van der Waals surface area contributed by atoms with E-state index in [1.807, 2.05) is 5.32 Å². The van der Waals surface area contributed by atoms with Crippen LogP contribution in [0.4, 0.5) is 23.2 Å². The van der Waals surface area contributed by atoms with Crippen LogP contribution in [-0.4, -0.2) is 30.3 Å². The van der Waals surface area contributed by atoms with E-state index in [4.69, 9.17) is 0 Å². The molecule has 0 saturated carbocycles. The first-order valence-corrected chi connectivity index (χ1v) is 7.25. The minimum absolute atomic E-state index is 0.220. The molecule has 0 unspecified atom stereocenters. The molecule has 1 aromatic carbocycles. The van der Waals surface area contributed by atoms with Crippen molar-refractivity contribution in [3.05, 3.63) is 30.1 Å². The number of hydrogen-bond acceptors (Lipinski definition) is 4. The summed E-state index contributed by atoms with van der Waals surface area (Å²) in [6.45, 7) is 2.60. The first-order chi connectivity index (χ1) is 11.2. The van der Waals surface area contributed by atoms with Crippen LogP contribution in [0.15, 0.2) is 24.3 Å². The fourth-order valence-electron chi connectivity index (χ4n) is 1.91. The van der Waals surface area contributed by atoms with Crippen molar-refractivity contribution in [2.45, 2.75) is 38.5 Å². The molecule has 1 rings (SSSR count). The maximum Gasteiger partial charge on any atom is 0.441 e. The third-order valence-corrected chi connectivity index (χ3v) is 2.97. The molecule has 1 atom stereocenters. The number of amides is 1. The third-order valence-electron chi connectivity index (χ3n) is 2.97. The minimum Gasteiger partial charge on any atom is -0.463 e. The van der Waals surface area contributed by atoms with Gasteiger partial charge in [0.2, 0.25) is 5.91 Å². The number of carbonyl (C=O) groups is 2. The van der Waals surface area contributed by atoms with Gasteiger partial charge in [-0.3, -0.25) is 4.79 Å². The molecule has 24 heavy (non-hydrogen) atoms. The number of rotatable bonds is 7. The SMILES string of the molecule is CCCC(=O)N[C@@](Nc1cccc(F)c1)(C(=O)OCC)C(F)(F)F. The van der Waals surface area contributed by atoms with Crippen molar-refractivity contribution >= 4 is 17.6 Å². The maximum atomic E-state index is 13.7. The van der Waals surface area contributed by atoms with Crippen molar-refractivity contribution in [2.24, 2.45) is 0 Å². The normalized spacial score (nSPS) is 13.8. The van der Waals surface area contributed by atoms with Crippen molar-refractivity contribution < 1.29 is 31.9 Å². The lowest BCUT2D eigenvalue weighted by atomic mass is 10.1. The van der Waals surface area contributed by atoms with Gasteiger partial charge in [-0.05, 0) is 31.5 Å². The van der Waals surface area contributed by atoms with Crippen molar-refractivity contribution in [1.29, 1.82) is 0 Å². The number of benzene rings is 1. The fourth-order valence-corrected chi connectivity index (χ4v) is 1.91. The number of alkyl halides is 3. The minimum atomic E-state index is -5.23. The summed E-state index contributed by atoms with van der Waals surface area (Å²) in [5.74, 6) is -3.53. The monoisotopic (exact) mass is 350 g/mol. The van der Waals surface area contributed by atoms with Crippen molar-refractivity contribution in [3.8, 4) is 0 Å². The Morgan fingerprint density at radius 3 is 2.38 bits per heavy atom. The summed E-state index contributed by atoms with van der Waals surface area (Å²) in [4.78, 5) is 23.8. The Morgan fingerprint density at radius 2 is 1.88 bits per heavy atom. The largest absolute Gasteiger partial charge is 0.463 e. The Bertz CT molecular complexity index is 592. The molecule has 0 aliphatic heterocycles. The summed E-state index contributed by atoms with van der Waals surface area (Å²) < 4.78 is 58.7. The molecule has 2 N–H and O–H groups in total. The van der Waals surface area contributed by atoms with Gasteiger partial charge in [0.05, 0.1) is 6.61 Å². The highest BCUT2D eigenvalue weighted by molar-refractivity contribution is 5.91. The van der Waals surface area contributed by atoms with Crippen LogP contribution < -0.4 is 10.6 Å². The Morgan fingerprint density at radius 1 is 1.21 bits per heavy atom. The Balaban J connectivity index is 3.33. The van der Waals surface area contributed by atoms with Gasteiger partial charge in [0.25, 0.3) is 0 Å². The van der Waals surface area contributed by atoms with Gasteiger partial charge in [-0.25, -0.2) is 9.18 Å². The van der Waals surface area contributed by atoms with Crippen LogP contribution >= 0.6 is 0 Å². The summed E-state index contributed by atoms with van der Waals surface area (Å²) in [6.07, 6.45) is -5.17. The predicted octanol–water partition coefficient (Wildman–Crippen LogP) is 2.98. The molecule has 5 nitrogen and oxygen atoms in total. The number of ether oxygens (including phenoxy) is 1. The summed E-state index contributed by atoms with van der Waals surface area (Å²) in [6, 6.07) is 4.10. The zero-order chi connectivity index (χ0) is 18.4. The molecule has 0 bridgehead atoms. The lowest BCUT2D eigenvalue weighted by molar-refractivity contribution is -0.207. The van der Waals surface area contributed by atoms with E-state index in [9.17, 15) is 27.2 Å². The summed E-state index contributed by atoms with van der Waals surface area (Å²) in [7, 11) is 0. The zero-order valence-electron chi connectivity index (χ0n) is 13.2. The first kappa shape index (κ1) is 19.7. The van der Waals surface area contributed by atoms with E-state index < -0.39 is 29.5 Å². The van der Waals surface area contributed by atoms with E-state index >= 15 is 0 Å². The van der Waals surface area contributed by atoms with Gasteiger partial charge in [-0.2, -0.15) is 13.2 Å². The van der Waals surface area contributed by atoms with Gasteiger partial charge in [0.1, 0.15) is 5.82 Å². The first-order valence-electron chi connectivity index (χ1n) is 7.25. The van der Waals surface area contributed by atoms with Gasteiger partial charge in [0, 0.05) is 12.1 Å². The maximum absolute atomic E-state index is 13.7. The van der Waals surface area contributed by atoms with E-state index in [-0.39, 0.29) is 25.1 Å². The van der Waals surface area contributed by atoms with E-state index in [0.717, 1.165) is 24.3 Å². The standard InChI is InChI=1S/C15H18F4N2O3/c1-3-6-12(22)21-14(15(17,18)19,13(23)24-4-2)20-11-8-5-7-10(16)9-11/h5,7-9,20H,3-4,6H2,1-2H3,(H,21,22)/t14-/m0/s1. The van der Waals surface area contributed by atoms with E-state index in [1.54, 1.807) is 12.2 Å². The highest BCUT2D eigenvalue weighted by atomic mass is 19.4. The fraction of sp³-hybridized carbons (Fsp3) is 0.467. The average molecular weight is 350 g/mol. The van der Waals surface area contributed by atoms with Gasteiger partial charge < -0.3 is 15.4 Å². The van der Waals surface area contributed by atoms with Crippen LogP contribution in [0.3, 0.4) is 0 Å². The van der Waals surface area contributed by atoms with Crippen molar-refractivity contribution in [2.75, 3.05) is 11.9 Å². The number of nitrogens with one attached hydrogen (secondary N) is 2. The molecule has 0 heterocycles. The number of esters is 1. The molecule has 0 saturated heterocycles. The quantitative estimate of drug-likeness (QED) is 0.451. The lowest BCUT2D eigenvalue weighted by Gasteiger charge is -2.35. The van der Waals surface area contributed by atoms with Crippen LogP contribution in [0.2, 0.25) is 0 Å². The highest BCUT2D eigenvalue weighted by Crippen LogP contribution is 2.33. The van der Waals surface area contributed by atoms with E-state index in [0.29, 0.717) is 0 Å². The van der Waals surface area contributed by atoms with Crippen molar-refractivity contribution in [1.82, 2.24) is 5.32 Å². The molecule has 134 valence electrons. The highest BCUT2D eigenvalue weighted by Gasteiger charge is 2.63. The molecule has 9 heteroatoms. The van der Waals surface area contributed by atoms with Crippen LogP contribution in [0, 0.1) is 5.82 Å². The molecule has 1 amide bonds. The number of halogens is 4. The Hall–Kier alpha value is -2.32. The molecule has 0 fully saturated rings. The molecule has 0 aliphatic rings. The van der Waals surface area contributed by atoms with E-state index in [1.165, 1.54) is 6.92 Å². The molecule has 0 radical (unpaired) electrons. The molecule has 1 aromatic rings. The smallest absolute Gasteiger partial charge is 0.441 e. The Kier molecular flexibility index (Phi) is 6.56. The van der Waals surface area contributed by atoms with Crippen LogP contribution in [-0.2, 0) is 14.3 Å². The number of carbonyl (C=O) groups excluding carboxylic acids is 2. The second kappa shape index (κ2) is 7.98. The number of hydrogen-bond donors (Lipinski definition) is 2. The topological polar surface area (TPSA) is 67.4 Å². The molecule has 0 aliphatic carbocycles. The summed E-state index contributed by atoms with van der Waals surface area (Å²) >= 11 is 0. The van der Waals surface area contributed by atoms with Crippen LogP contribution in [0.25, 0.3) is 0 Å². The Labute approximate surface area is 136 Å². The average Bonchev–Trinajstić information content (AvgIpc) is 2.45. The van der Waals surface area contributed by atoms with Crippen molar-refractivity contribution in [3.63, 3.8) is 0 Å². The lowest BCUT2D eigenvalue weighted by Crippen LogP contribution is -2.69. The zero-order valence-corrected chi connectivity index (χ0v) is 13.2. The molecule has 0 spiro atoms. The van der Waals surface area contributed by atoms with Crippen LogP contribution in [0.1, 0.15) is 26.7 Å². The van der Waals surface area contributed by atoms with Gasteiger partial charge in [-0.1, -0.05) is 13.0 Å². The van der Waals surface area contributed by atoms with Gasteiger partial charge in [-0.15, -0.1) is 0 Å². The molecule has 0 aromatic heterocycles. The second-order valence-electron chi connectivity index (χ2n) is 4.90. The van der Waals surface area contributed by atoms with Crippen LogP contribution in [0.5, 0.6) is 0 Å². The predicted molar refractivity (Wildman–Crippen MR) is 78.5 cm³/mol. The molecular weight excluding hydrogens is 332 g/mol. The third kappa shape index (κ3) is 4.59.